The predicted octanol–water partition coefficient (Wildman–Crippen LogP) is 2.70. The molecule has 0 bridgehead atoms. The third-order valence-electron chi connectivity index (χ3n) is 2.59. The van der Waals surface area contributed by atoms with Gasteiger partial charge >= 0.3 is 11.9 Å². The number of anilines is 1. The third kappa shape index (κ3) is 8.67. The Morgan fingerprint density at radius 3 is 2.52 bits per heavy atom. The van der Waals surface area contributed by atoms with Crippen molar-refractivity contribution in [2.75, 3.05) is 17.7 Å². The van der Waals surface area contributed by atoms with Crippen LogP contribution in [0.2, 0.25) is 0 Å². The van der Waals surface area contributed by atoms with Crippen molar-refractivity contribution in [1.29, 1.82) is 0 Å². The highest BCUT2D eigenvalue weighted by molar-refractivity contribution is 7.99. The minimum Gasteiger partial charge on any atom is -0.481 e. The second-order valence-electron chi connectivity index (χ2n) is 4.43. The summed E-state index contributed by atoms with van der Waals surface area (Å²) in [6.45, 7) is 2.11. The molecule has 0 heterocycles. The molecular weight excluding hydrogens is 318 g/mol. The van der Waals surface area contributed by atoms with Crippen LogP contribution < -0.4 is 5.32 Å². The van der Waals surface area contributed by atoms with Crippen molar-refractivity contribution in [2.24, 2.45) is 0 Å². The molecule has 1 aromatic carbocycles. The van der Waals surface area contributed by atoms with Gasteiger partial charge in [0.15, 0.2) is 0 Å². The van der Waals surface area contributed by atoms with Gasteiger partial charge in [-0.3, -0.25) is 9.59 Å². The SMILES string of the molecule is CCOC(=O)/C=C/CSc1ccc(NC(=O)CCC(=O)O)cc1. The van der Waals surface area contributed by atoms with Crippen molar-refractivity contribution in [3.8, 4) is 0 Å². The van der Waals surface area contributed by atoms with Crippen LogP contribution in [0.15, 0.2) is 41.3 Å². The van der Waals surface area contributed by atoms with Crippen LogP contribution in [-0.2, 0) is 19.1 Å². The molecule has 2 N–H and O–H groups in total. The highest BCUT2D eigenvalue weighted by Crippen LogP contribution is 2.20. The summed E-state index contributed by atoms with van der Waals surface area (Å²) >= 11 is 1.54. The molecule has 0 unspecified atom stereocenters. The van der Waals surface area contributed by atoms with E-state index in [9.17, 15) is 14.4 Å². The molecule has 1 rings (SSSR count). The molecule has 0 aliphatic heterocycles. The number of nitrogens with one attached hydrogen (secondary N) is 1. The van der Waals surface area contributed by atoms with Gasteiger partial charge in [-0.05, 0) is 31.2 Å². The maximum Gasteiger partial charge on any atom is 0.330 e. The Balaban J connectivity index is 2.37. The van der Waals surface area contributed by atoms with Gasteiger partial charge in [0, 0.05) is 28.8 Å². The van der Waals surface area contributed by atoms with Gasteiger partial charge in [-0.1, -0.05) is 6.08 Å². The van der Waals surface area contributed by atoms with E-state index in [1.165, 1.54) is 17.8 Å². The van der Waals surface area contributed by atoms with E-state index in [1.807, 2.05) is 12.1 Å². The number of amides is 1. The highest BCUT2D eigenvalue weighted by Gasteiger charge is 2.05. The van der Waals surface area contributed by atoms with Gasteiger partial charge in [-0.25, -0.2) is 4.79 Å². The summed E-state index contributed by atoms with van der Waals surface area (Å²) in [5.74, 6) is -1.05. The Morgan fingerprint density at radius 2 is 1.91 bits per heavy atom. The first-order chi connectivity index (χ1) is 11.0. The molecule has 0 radical (unpaired) electrons. The number of aliphatic carboxylic acids is 1. The molecule has 124 valence electrons. The number of carbonyl (C=O) groups excluding carboxylic acids is 2. The molecule has 1 amide bonds. The van der Waals surface area contributed by atoms with Crippen molar-refractivity contribution in [2.45, 2.75) is 24.7 Å². The van der Waals surface area contributed by atoms with Crippen LogP contribution in [0.4, 0.5) is 5.69 Å². The molecule has 0 saturated heterocycles. The van der Waals surface area contributed by atoms with Crippen molar-refractivity contribution < 1.29 is 24.2 Å². The van der Waals surface area contributed by atoms with Gasteiger partial charge in [-0.2, -0.15) is 0 Å². The normalized spacial score (nSPS) is 10.5. The average molecular weight is 337 g/mol. The summed E-state index contributed by atoms with van der Waals surface area (Å²) in [6.07, 6.45) is 2.88. The second-order valence-corrected chi connectivity index (χ2v) is 5.53. The molecule has 0 fully saturated rings. The van der Waals surface area contributed by atoms with Gasteiger partial charge in [0.25, 0.3) is 0 Å². The van der Waals surface area contributed by atoms with E-state index in [2.05, 4.69) is 5.32 Å². The minimum absolute atomic E-state index is 0.0511. The Labute approximate surface area is 138 Å². The number of rotatable bonds is 9. The maximum absolute atomic E-state index is 11.5. The first-order valence-corrected chi connectivity index (χ1v) is 8.07. The minimum atomic E-state index is -0.997. The third-order valence-corrected chi connectivity index (χ3v) is 3.56. The van der Waals surface area contributed by atoms with Crippen molar-refractivity contribution in [3.05, 3.63) is 36.4 Å². The molecule has 0 spiro atoms. The average Bonchev–Trinajstić information content (AvgIpc) is 2.51. The van der Waals surface area contributed by atoms with E-state index < -0.39 is 5.97 Å². The Bertz CT molecular complexity index is 568. The zero-order chi connectivity index (χ0) is 17.1. The Morgan fingerprint density at radius 1 is 1.22 bits per heavy atom. The van der Waals surface area contributed by atoms with Crippen LogP contribution in [0.3, 0.4) is 0 Å². The molecule has 1 aromatic rings. The molecule has 23 heavy (non-hydrogen) atoms. The number of esters is 1. The standard InChI is InChI=1S/C16H19NO5S/c1-2-22-16(21)4-3-11-23-13-7-5-12(6-8-13)17-14(18)9-10-15(19)20/h3-8H,2,9-11H2,1H3,(H,17,18)(H,19,20)/b4-3+. The van der Waals surface area contributed by atoms with E-state index in [1.54, 1.807) is 25.1 Å². The lowest BCUT2D eigenvalue weighted by molar-refractivity contribution is -0.138. The monoisotopic (exact) mass is 337 g/mol. The lowest BCUT2D eigenvalue weighted by atomic mass is 10.2. The van der Waals surface area contributed by atoms with Crippen LogP contribution >= 0.6 is 11.8 Å². The summed E-state index contributed by atoms with van der Waals surface area (Å²) in [6, 6.07) is 7.18. The first-order valence-electron chi connectivity index (χ1n) is 7.09. The molecule has 6 nitrogen and oxygen atoms in total. The quantitative estimate of drug-likeness (QED) is 0.409. The summed E-state index contributed by atoms with van der Waals surface area (Å²) < 4.78 is 4.77. The van der Waals surface area contributed by atoms with Crippen LogP contribution in [0, 0.1) is 0 Å². The Kier molecular flexibility index (Phi) is 8.52. The van der Waals surface area contributed by atoms with Gasteiger partial charge < -0.3 is 15.2 Å². The van der Waals surface area contributed by atoms with Crippen LogP contribution in [-0.4, -0.2) is 35.3 Å². The van der Waals surface area contributed by atoms with Crippen LogP contribution in [0.1, 0.15) is 19.8 Å². The van der Waals surface area contributed by atoms with Gasteiger partial charge in [-0.15, -0.1) is 11.8 Å². The van der Waals surface area contributed by atoms with Gasteiger partial charge in [0.1, 0.15) is 0 Å². The van der Waals surface area contributed by atoms with Crippen LogP contribution in [0.25, 0.3) is 0 Å². The number of benzene rings is 1. The lowest BCUT2D eigenvalue weighted by Gasteiger charge is -2.05. The number of hydrogen-bond acceptors (Lipinski definition) is 5. The zero-order valence-corrected chi connectivity index (χ0v) is 13.6. The van der Waals surface area contributed by atoms with Crippen LogP contribution in [0.5, 0.6) is 0 Å². The van der Waals surface area contributed by atoms with E-state index in [0.29, 0.717) is 18.0 Å². The smallest absolute Gasteiger partial charge is 0.330 e. The Hall–Kier alpha value is -2.28. The summed E-state index contributed by atoms with van der Waals surface area (Å²) in [5.41, 5.74) is 0.617. The van der Waals surface area contributed by atoms with Crippen molar-refractivity contribution in [3.63, 3.8) is 0 Å². The molecule has 0 aromatic heterocycles. The first kappa shape index (κ1) is 18.8. The fraction of sp³-hybridized carbons (Fsp3) is 0.312. The predicted molar refractivity (Wildman–Crippen MR) is 88.4 cm³/mol. The largest absolute Gasteiger partial charge is 0.481 e. The van der Waals surface area contributed by atoms with E-state index in [-0.39, 0.29) is 24.7 Å². The van der Waals surface area contributed by atoms with Gasteiger partial charge in [0.2, 0.25) is 5.91 Å². The molecule has 0 aliphatic carbocycles. The number of hydrogen-bond donors (Lipinski definition) is 2. The maximum atomic E-state index is 11.5. The number of ether oxygens (including phenoxy) is 1. The fourth-order valence-corrected chi connectivity index (χ4v) is 2.27. The summed E-state index contributed by atoms with van der Waals surface area (Å²) in [5, 5.41) is 11.1. The molecule has 7 heteroatoms. The molecular formula is C16H19NO5S. The topological polar surface area (TPSA) is 92.7 Å². The molecule has 0 saturated carbocycles. The summed E-state index contributed by atoms with van der Waals surface area (Å²) in [4.78, 5) is 34.0. The van der Waals surface area contributed by atoms with E-state index in [0.717, 1.165) is 4.90 Å². The molecule has 0 aliphatic rings. The molecule has 0 atom stereocenters. The van der Waals surface area contributed by atoms with Crippen molar-refractivity contribution in [1.82, 2.24) is 0 Å². The van der Waals surface area contributed by atoms with Crippen molar-refractivity contribution >= 4 is 35.3 Å². The summed E-state index contributed by atoms with van der Waals surface area (Å²) in [7, 11) is 0. The number of carboxylic acid groups (broad SMARTS) is 1. The number of thioether (sulfide) groups is 1. The number of carbonyl (C=O) groups is 3. The lowest BCUT2D eigenvalue weighted by Crippen LogP contribution is -2.12. The van der Waals surface area contributed by atoms with E-state index >= 15 is 0 Å². The second kappa shape index (κ2) is 10.4. The highest BCUT2D eigenvalue weighted by atomic mass is 32.2. The number of carboxylic acids is 1. The van der Waals surface area contributed by atoms with Gasteiger partial charge in [0.05, 0.1) is 13.0 Å². The zero-order valence-electron chi connectivity index (χ0n) is 12.8. The van der Waals surface area contributed by atoms with E-state index in [4.69, 9.17) is 9.84 Å². The fourth-order valence-electron chi connectivity index (χ4n) is 1.56.